The highest BCUT2D eigenvalue weighted by Gasteiger charge is 2.12. The molecule has 0 bridgehead atoms. The van der Waals surface area contributed by atoms with Gasteiger partial charge < -0.3 is 10.1 Å². The number of rotatable bonds is 5. The molecule has 0 aliphatic heterocycles. The van der Waals surface area contributed by atoms with Gasteiger partial charge in [0.25, 0.3) is 0 Å². The molecule has 0 aliphatic carbocycles. The third kappa shape index (κ3) is 2.48. The lowest BCUT2D eigenvalue weighted by atomic mass is 10.3. The smallest absolute Gasteiger partial charge is 0.207 e. The van der Waals surface area contributed by atoms with Crippen molar-refractivity contribution < 1.29 is 13.5 Å². The first-order valence-electron chi connectivity index (χ1n) is 5.44. The molecule has 6 heteroatoms. The van der Waals surface area contributed by atoms with Gasteiger partial charge in [-0.2, -0.15) is 0 Å². The zero-order valence-corrected chi connectivity index (χ0v) is 9.86. The van der Waals surface area contributed by atoms with Crippen LogP contribution in [-0.4, -0.2) is 29.8 Å². The van der Waals surface area contributed by atoms with Crippen LogP contribution in [0.15, 0.2) is 30.6 Å². The van der Waals surface area contributed by atoms with Gasteiger partial charge in [0.2, 0.25) is 5.95 Å². The summed E-state index contributed by atoms with van der Waals surface area (Å²) in [6.07, 6.45) is 3.08. The molecule has 0 fully saturated rings. The average molecular weight is 253 g/mol. The van der Waals surface area contributed by atoms with Gasteiger partial charge in [0.1, 0.15) is 0 Å². The number of imidazole rings is 1. The summed E-state index contributed by atoms with van der Waals surface area (Å²) < 4.78 is 33.2. The summed E-state index contributed by atoms with van der Waals surface area (Å²) in [5.74, 6) is -1.34. The van der Waals surface area contributed by atoms with Crippen LogP contribution in [0.3, 0.4) is 0 Å². The van der Waals surface area contributed by atoms with Crippen LogP contribution in [0.5, 0.6) is 0 Å². The Kier molecular flexibility index (Phi) is 3.88. The van der Waals surface area contributed by atoms with Crippen molar-refractivity contribution in [2.75, 3.05) is 25.6 Å². The van der Waals surface area contributed by atoms with Crippen molar-refractivity contribution in [3.05, 3.63) is 42.2 Å². The SMILES string of the molecule is COCCNc1nccn1-c1cccc(F)c1F. The Bertz CT molecular complexity index is 528. The number of aromatic nitrogens is 2. The maximum absolute atomic E-state index is 13.7. The van der Waals surface area contributed by atoms with Crippen molar-refractivity contribution >= 4 is 5.95 Å². The first-order chi connectivity index (χ1) is 8.74. The minimum Gasteiger partial charge on any atom is -0.383 e. The van der Waals surface area contributed by atoms with Crippen LogP contribution in [0.2, 0.25) is 0 Å². The van der Waals surface area contributed by atoms with E-state index < -0.39 is 11.6 Å². The molecular weight excluding hydrogens is 240 g/mol. The van der Waals surface area contributed by atoms with E-state index in [2.05, 4.69) is 10.3 Å². The van der Waals surface area contributed by atoms with Gasteiger partial charge in [-0.15, -0.1) is 0 Å². The number of nitrogens with zero attached hydrogens (tertiary/aromatic N) is 2. The minimum atomic E-state index is -0.898. The van der Waals surface area contributed by atoms with E-state index in [4.69, 9.17) is 4.74 Å². The fourth-order valence-corrected chi connectivity index (χ4v) is 1.57. The van der Waals surface area contributed by atoms with Crippen molar-refractivity contribution in [2.45, 2.75) is 0 Å². The molecule has 1 N–H and O–H groups in total. The van der Waals surface area contributed by atoms with Gasteiger partial charge in [-0.25, -0.2) is 13.8 Å². The molecule has 0 unspecified atom stereocenters. The Morgan fingerprint density at radius 3 is 3.00 bits per heavy atom. The van der Waals surface area contributed by atoms with Crippen molar-refractivity contribution in [1.82, 2.24) is 9.55 Å². The number of hydrogen-bond donors (Lipinski definition) is 1. The summed E-state index contributed by atoms with van der Waals surface area (Å²) in [4.78, 5) is 4.04. The predicted octanol–water partition coefficient (Wildman–Crippen LogP) is 2.21. The lowest BCUT2D eigenvalue weighted by Crippen LogP contribution is -2.12. The molecule has 0 radical (unpaired) electrons. The van der Waals surface area contributed by atoms with Crippen LogP contribution >= 0.6 is 0 Å². The molecule has 0 saturated heterocycles. The van der Waals surface area contributed by atoms with E-state index in [1.807, 2.05) is 0 Å². The monoisotopic (exact) mass is 253 g/mol. The molecule has 2 rings (SSSR count). The maximum Gasteiger partial charge on any atom is 0.207 e. The molecule has 1 heterocycles. The van der Waals surface area contributed by atoms with E-state index in [1.165, 1.54) is 22.9 Å². The molecule has 0 amide bonds. The molecule has 0 atom stereocenters. The first kappa shape index (κ1) is 12.5. The quantitative estimate of drug-likeness (QED) is 0.830. The molecule has 2 aromatic rings. The normalized spacial score (nSPS) is 10.6. The van der Waals surface area contributed by atoms with Gasteiger partial charge in [-0.1, -0.05) is 6.07 Å². The summed E-state index contributed by atoms with van der Waals surface area (Å²) in [5, 5.41) is 2.98. The van der Waals surface area contributed by atoms with E-state index in [1.54, 1.807) is 13.3 Å². The fraction of sp³-hybridized carbons (Fsp3) is 0.250. The summed E-state index contributed by atoms with van der Waals surface area (Å²) in [6, 6.07) is 4.02. The van der Waals surface area contributed by atoms with Crippen molar-refractivity contribution in [3.8, 4) is 5.69 Å². The van der Waals surface area contributed by atoms with Crippen LogP contribution in [0.4, 0.5) is 14.7 Å². The Labute approximate surface area is 103 Å². The van der Waals surface area contributed by atoms with Crippen molar-refractivity contribution in [2.24, 2.45) is 0 Å². The summed E-state index contributed by atoms with van der Waals surface area (Å²) in [5.41, 5.74) is 0.118. The topological polar surface area (TPSA) is 39.1 Å². The van der Waals surface area contributed by atoms with E-state index >= 15 is 0 Å². The Balaban J connectivity index is 2.28. The van der Waals surface area contributed by atoms with Crippen LogP contribution in [-0.2, 0) is 4.74 Å². The largest absolute Gasteiger partial charge is 0.383 e. The maximum atomic E-state index is 13.7. The van der Waals surface area contributed by atoms with Gasteiger partial charge in [0.05, 0.1) is 12.3 Å². The standard InChI is InChI=1S/C12H13F2N3O/c1-18-8-6-16-12-15-5-7-17(12)10-4-2-3-9(13)11(10)14/h2-5,7H,6,8H2,1H3,(H,15,16). The highest BCUT2D eigenvalue weighted by molar-refractivity contribution is 5.42. The lowest BCUT2D eigenvalue weighted by Gasteiger charge is -2.10. The van der Waals surface area contributed by atoms with Gasteiger partial charge in [0, 0.05) is 26.0 Å². The summed E-state index contributed by atoms with van der Waals surface area (Å²) in [6.45, 7) is 1.03. The number of nitrogens with one attached hydrogen (secondary N) is 1. The lowest BCUT2D eigenvalue weighted by molar-refractivity contribution is 0.210. The Morgan fingerprint density at radius 2 is 2.22 bits per heavy atom. The second kappa shape index (κ2) is 5.59. The van der Waals surface area contributed by atoms with Crippen molar-refractivity contribution in [3.63, 3.8) is 0 Å². The summed E-state index contributed by atoms with van der Waals surface area (Å²) >= 11 is 0. The predicted molar refractivity (Wildman–Crippen MR) is 63.8 cm³/mol. The molecule has 0 spiro atoms. The number of halogens is 2. The van der Waals surface area contributed by atoms with E-state index in [0.717, 1.165) is 6.07 Å². The van der Waals surface area contributed by atoms with Gasteiger partial charge in [-0.3, -0.25) is 4.57 Å². The Hall–Kier alpha value is -1.95. The minimum absolute atomic E-state index is 0.118. The molecule has 1 aromatic heterocycles. The fourth-order valence-electron chi connectivity index (χ4n) is 1.57. The van der Waals surface area contributed by atoms with Crippen LogP contribution in [0.1, 0.15) is 0 Å². The zero-order chi connectivity index (χ0) is 13.0. The molecule has 18 heavy (non-hydrogen) atoms. The van der Waals surface area contributed by atoms with Crippen LogP contribution in [0, 0.1) is 11.6 Å². The second-order valence-electron chi connectivity index (χ2n) is 3.61. The van der Waals surface area contributed by atoms with E-state index in [0.29, 0.717) is 19.1 Å². The molecule has 4 nitrogen and oxygen atoms in total. The Morgan fingerprint density at radius 1 is 1.39 bits per heavy atom. The third-order valence-electron chi connectivity index (χ3n) is 2.42. The molecular formula is C12H13F2N3O. The second-order valence-corrected chi connectivity index (χ2v) is 3.61. The summed E-state index contributed by atoms with van der Waals surface area (Å²) in [7, 11) is 1.58. The van der Waals surface area contributed by atoms with Gasteiger partial charge in [0.15, 0.2) is 11.6 Å². The van der Waals surface area contributed by atoms with Crippen molar-refractivity contribution in [1.29, 1.82) is 0 Å². The number of benzene rings is 1. The number of ether oxygens (including phenoxy) is 1. The first-order valence-corrected chi connectivity index (χ1v) is 5.44. The molecule has 96 valence electrons. The van der Waals surface area contributed by atoms with Crippen LogP contribution < -0.4 is 5.32 Å². The van der Waals surface area contributed by atoms with Gasteiger partial charge in [-0.05, 0) is 12.1 Å². The molecule has 1 aromatic carbocycles. The van der Waals surface area contributed by atoms with Gasteiger partial charge >= 0.3 is 0 Å². The number of anilines is 1. The van der Waals surface area contributed by atoms with E-state index in [-0.39, 0.29) is 5.69 Å². The highest BCUT2D eigenvalue weighted by Crippen LogP contribution is 2.19. The molecule has 0 aliphatic rings. The third-order valence-corrected chi connectivity index (χ3v) is 2.42. The average Bonchev–Trinajstić information content (AvgIpc) is 2.81. The van der Waals surface area contributed by atoms with Crippen LogP contribution in [0.25, 0.3) is 5.69 Å². The molecule has 0 saturated carbocycles. The van der Waals surface area contributed by atoms with E-state index in [9.17, 15) is 8.78 Å². The highest BCUT2D eigenvalue weighted by atomic mass is 19.2. The number of methoxy groups -OCH3 is 1. The number of hydrogen-bond acceptors (Lipinski definition) is 3. The zero-order valence-electron chi connectivity index (χ0n) is 9.86.